The van der Waals surface area contributed by atoms with Crippen molar-refractivity contribution in [3.05, 3.63) is 66.2 Å². The fraction of sp³-hybridized carbons (Fsp3) is 0.316. The van der Waals surface area contributed by atoms with Crippen molar-refractivity contribution in [3.63, 3.8) is 0 Å². The van der Waals surface area contributed by atoms with Crippen LogP contribution in [0.5, 0.6) is 5.75 Å². The Labute approximate surface area is 142 Å². The molecule has 1 aliphatic rings. The Hall–Kier alpha value is -2.53. The third-order valence-electron chi connectivity index (χ3n) is 3.89. The smallest absolute Gasteiger partial charge is 0.317 e. The van der Waals surface area contributed by atoms with Gasteiger partial charge in [0.25, 0.3) is 0 Å². The van der Waals surface area contributed by atoms with E-state index in [1.165, 1.54) is 0 Å². The molecule has 2 aromatic carbocycles. The molecule has 1 heterocycles. The average Bonchev–Trinajstić information content (AvgIpc) is 2.66. The van der Waals surface area contributed by atoms with E-state index in [0.717, 1.165) is 11.3 Å². The molecule has 0 aliphatic carbocycles. The molecule has 1 atom stereocenters. The lowest BCUT2D eigenvalue weighted by Crippen LogP contribution is -2.50. The van der Waals surface area contributed by atoms with Gasteiger partial charge in [-0.1, -0.05) is 48.5 Å². The number of carbonyl (C=O) groups is 1. The Morgan fingerprint density at radius 1 is 1.12 bits per heavy atom. The maximum atomic E-state index is 12.3. The Morgan fingerprint density at radius 3 is 2.58 bits per heavy atom. The van der Waals surface area contributed by atoms with E-state index in [-0.39, 0.29) is 12.1 Å². The maximum absolute atomic E-state index is 12.3. The number of hydrogen-bond acceptors (Lipinski definition) is 3. The monoisotopic (exact) mass is 326 g/mol. The first-order chi connectivity index (χ1) is 11.8. The number of rotatable bonds is 5. The van der Waals surface area contributed by atoms with Gasteiger partial charge in [-0.2, -0.15) is 0 Å². The molecule has 0 spiro atoms. The average molecular weight is 326 g/mol. The van der Waals surface area contributed by atoms with Crippen molar-refractivity contribution in [1.82, 2.24) is 10.2 Å². The Balaban J connectivity index is 1.45. The summed E-state index contributed by atoms with van der Waals surface area (Å²) in [6.07, 6.45) is -0.110. The van der Waals surface area contributed by atoms with Crippen LogP contribution in [-0.2, 0) is 11.3 Å². The van der Waals surface area contributed by atoms with E-state index in [4.69, 9.17) is 9.47 Å². The van der Waals surface area contributed by atoms with Gasteiger partial charge in [-0.3, -0.25) is 0 Å². The highest BCUT2D eigenvalue weighted by molar-refractivity contribution is 5.74. The summed E-state index contributed by atoms with van der Waals surface area (Å²) < 4.78 is 11.4. The molecule has 0 aromatic heterocycles. The Bertz CT molecular complexity index is 634. The summed E-state index contributed by atoms with van der Waals surface area (Å²) in [6, 6.07) is 19.5. The first kappa shape index (κ1) is 16.3. The van der Waals surface area contributed by atoms with Crippen LogP contribution in [0.15, 0.2) is 60.7 Å². The molecule has 1 N–H and O–H groups in total. The zero-order valence-electron chi connectivity index (χ0n) is 13.6. The number of nitrogens with zero attached hydrogens (tertiary/aromatic N) is 1. The van der Waals surface area contributed by atoms with Crippen LogP contribution in [0.4, 0.5) is 4.79 Å². The number of nitrogens with one attached hydrogen (secondary N) is 1. The summed E-state index contributed by atoms with van der Waals surface area (Å²) in [7, 11) is 0. The molecule has 2 aromatic rings. The van der Waals surface area contributed by atoms with Crippen molar-refractivity contribution >= 4 is 6.03 Å². The fourth-order valence-corrected chi connectivity index (χ4v) is 2.60. The lowest BCUT2D eigenvalue weighted by Gasteiger charge is -2.32. The minimum Gasteiger partial charge on any atom is -0.491 e. The summed E-state index contributed by atoms with van der Waals surface area (Å²) >= 11 is 0. The number of morpholine rings is 1. The second-order valence-corrected chi connectivity index (χ2v) is 5.71. The van der Waals surface area contributed by atoms with E-state index in [9.17, 15) is 4.79 Å². The van der Waals surface area contributed by atoms with E-state index in [1.54, 1.807) is 4.90 Å². The SMILES string of the molecule is O=C(NCc1ccccc1)N1CCO[C@@H](COc2ccccc2)C1. The molecular weight excluding hydrogens is 304 g/mol. The second-order valence-electron chi connectivity index (χ2n) is 5.71. The topological polar surface area (TPSA) is 50.8 Å². The molecule has 1 saturated heterocycles. The lowest BCUT2D eigenvalue weighted by atomic mass is 10.2. The van der Waals surface area contributed by atoms with Gasteiger partial charge in [0.1, 0.15) is 18.5 Å². The van der Waals surface area contributed by atoms with Crippen molar-refractivity contribution < 1.29 is 14.3 Å². The first-order valence-electron chi connectivity index (χ1n) is 8.17. The van der Waals surface area contributed by atoms with E-state index < -0.39 is 0 Å². The van der Waals surface area contributed by atoms with Crippen LogP contribution in [0.25, 0.3) is 0 Å². The number of hydrogen-bond donors (Lipinski definition) is 1. The summed E-state index contributed by atoms with van der Waals surface area (Å²) in [6.45, 7) is 2.63. The van der Waals surface area contributed by atoms with E-state index in [0.29, 0.717) is 32.8 Å². The Morgan fingerprint density at radius 2 is 1.83 bits per heavy atom. The number of ether oxygens (including phenoxy) is 2. The zero-order valence-corrected chi connectivity index (χ0v) is 13.6. The molecule has 0 bridgehead atoms. The van der Waals surface area contributed by atoms with Gasteiger partial charge in [-0.25, -0.2) is 4.79 Å². The summed E-state index contributed by atoms with van der Waals surface area (Å²) in [5, 5.41) is 2.95. The second kappa shape index (κ2) is 8.36. The van der Waals surface area contributed by atoms with Gasteiger partial charge in [0.2, 0.25) is 0 Å². The van der Waals surface area contributed by atoms with Gasteiger partial charge < -0.3 is 19.7 Å². The lowest BCUT2D eigenvalue weighted by molar-refractivity contribution is -0.0352. The number of carbonyl (C=O) groups excluding carboxylic acids is 1. The Kier molecular flexibility index (Phi) is 5.69. The maximum Gasteiger partial charge on any atom is 0.317 e. The minimum absolute atomic E-state index is 0.0631. The van der Waals surface area contributed by atoms with E-state index >= 15 is 0 Å². The van der Waals surface area contributed by atoms with Crippen molar-refractivity contribution in [3.8, 4) is 5.75 Å². The molecule has 0 radical (unpaired) electrons. The number of benzene rings is 2. The normalized spacial score (nSPS) is 17.3. The molecule has 0 unspecified atom stereocenters. The molecule has 2 amide bonds. The number of amides is 2. The third-order valence-corrected chi connectivity index (χ3v) is 3.89. The van der Waals surface area contributed by atoms with Gasteiger partial charge in [0, 0.05) is 13.1 Å². The standard InChI is InChI=1S/C19H22N2O3/c22-19(20-13-16-7-3-1-4-8-16)21-11-12-23-18(14-21)15-24-17-9-5-2-6-10-17/h1-10,18H,11-15H2,(H,20,22)/t18-/m1/s1. The molecule has 126 valence electrons. The van der Waals surface area contributed by atoms with Crippen LogP contribution in [-0.4, -0.2) is 43.3 Å². The third kappa shape index (κ3) is 4.73. The summed E-state index contributed by atoms with van der Waals surface area (Å²) in [5.41, 5.74) is 1.09. The van der Waals surface area contributed by atoms with Crippen LogP contribution in [0.1, 0.15) is 5.56 Å². The molecule has 1 fully saturated rings. The molecule has 0 saturated carbocycles. The van der Waals surface area contributed by atoms with Crippen molar-refractivity contribution in [2.75, 3.05) is 26.3 Å². The highest BCUT2D eigenvalue weighted by Gasteiger charge is 2.24. The van der Waals surface area contributed by atoms with Gasteiger partial charge in [-0.15, -0.1) is 0 Å². The van der Waals surface area contributed by atoms with Gasteiger partial charge >= 0.3 is 6.03 Å². The fourth-order valence-electron chi connectivity index (χ4n) is 2.60. The quantitative estimate of drug-likeness (QED) is 0.919. The van der Waals surface area contributed by atoms with Crippen LogP contribution in [0.3, 0.4) is 0 Å². The van der Waals surface area contributed by atoms with Crippen LogP contribution in [0, 0.1) is 0 Å². The van der Waals surface area contributed by atoms with Gasteiger partial charge in [0.05, 0.1) is 13.2 Å². The van der Waals surface area contributed by atoms with Gasteiger partial charge in [-0.05, 0) is 17.7 Å². The van der Waals surface area contributed by atoms with Crippen LogP contribution < -0.4 is 10.1 Å². The van der Waals surface area contributed by atoms with Gasteiger partial charge in [0.15, 0.2) is 0 Å². The predicted octanol–water partition coefficient (Wildman–Crippen LogP) is 2.68. The first-order valence-corrected chi connectivity index (χ1v) is 8.17. The summed E-state index contributed by atoms with van der Waals surface area (Å²) in [5.74, 6) is 0.812. The highest BCUT2D eigenvalue weighted by atomic mass is 16.5. The molecule has 3 rings (SSSR count). The van der Waals surface area contributed by atoms with E-state index in [1.807, 2.05) is 60.7 Å². The number of para-hydroxylation sites is 1. The largest absolute Gasteiger partial charge is 0.491 e. The minimum atomic E-state index is -0.110. The molecular formula is C19H22N2O3. The zero-order chi connectivity index (χ0) is 16.6. The van der Waals surface area contributed by atoms with Crippen molar-refractivity contribution in [1.29, 1.82) is 0 Å². The molecule has 1 aliphatic heterocycles. The van der Waals surface area contributed by atoms with E-state index in [2.05, 4.69) is 5.32 Å². The summed E-state index contributed by atoms with van der Waals surface area (Å²) in [4.78, 5) is 14.1. The van der Waals surface area contributed by atoms with Crippen LogP contribution in [0.2, 0.25) is 0 Å². The molecule has 24 heavy (non-hydrogen) atoms. The van der Waals surface area contributed by atoms with Crippen molar-refractivity contribution in [2.45, 2.75) is 12.6 Å². The predicted molar refractivity (Wildman–Crippen MR) is 91.9 cm³/mol. The van der Waals surface area contributed by atoms with Crippen LogP contribution >= 0.6 is 0 Å². The highest BCUT2D eigenvalue weighted by Crippen LogP contribution is 2.12. The van der Waals surface area contributed by atoms with Crippen molar-refractivity contribution in [2.24, 2.45) is 0 Å². The molecule has 5 heteroatoms. The molecule has 5 nitrogen and oxygen atoms in total. The number of urea groups is 1.